The average molecular weight is 225 g/mol. The van der Waals surface area contributed by atoms with E-state index in [1.165, 1.54) is 6.92 Å². The summed E-state index contributed by atoms with van der Waals surface area (Å²) >= 11 is 5.85. The van der Waals surface area contributed by atoms with Crippen LogP contribution >= 0.6 is 11.6 Å². The van der Waals surface area contributed by atoms with E-state index < -0.39 is 5.97 Å². The Morgan fingerprint density at radius 2 is 2.20 bits per heavy atom. The Kier molecular flexibility index (Phi) is 4.03. The van der Waals surface area contributed by atoms with Crippen LogP contribution in [-0.4, -0.2) is 16.5 Å². The maximum atomic E-state index is 11.1. The van der Waals surface area contributed by atoms with Crippen molar-refractivity contribution in [3.8, 4) is 0 Å². The number of carbonyl (C=O) groups is 1. The van der Waals surface area contributed by atoms with Crippen LogP contribution in [0.4, 0.5) is 0 Å². The van der Waals surface area contributed by atoms with Gasteiger partial charge in [-0.1, -0.05) is 29.8 Å². The molecule has 0 N–H and O–H groups in total. The molecule has 5 heteroatoms. The lowest BCUT2D eigenvalue weighted by Gasteiger charge is -2.02. The van der Waals surface area contributed by atoms with Crippen molar-refractivity contribution in [1.82, 2.24) is 0 Å². The Balaban J connectivity index is 2.62. The SMILES string of the molecule is CC(=[N+]=[N-])C(=O)OCc1ccccc1Cl. The first-order valence-corrected chi connectivity index (χ1v) is 4.62. The molecule has 0 fully saturated rings. The number of nitrogens with zero attached hydrogens (tertiary/aromatic N) is 2. The first-order chi connectivity index (χ1) is 7.15. The van der Waals surface area contributed by atoms with Crippen LogP contribution in [0.25, 0.3) is 5.53 Å². The van der Waals surface area contributed by atoms with Gasteiger partial charge in [0.15, 0.2) is 0 Å². The van der Waals surface area contributed by atoms with Gasteiger partial charge >= 0.3 is 11.7 Å². The van der Waals surface area contributed by atoms with Gasteiger partial charge in [0.2, 0.25) is 0 Å². The highest BCUT2D eigenvalue weighted by Gasteiger charge is 2.15. The molecule has 1 aromatic carbocycles. The number of rotatable bonds is 3. The van der Waals surface area contributed by atoms with Crippen molar-refractivity contribution in [2.24, 2.45) is 0 Å². The maximum Gasteiger partial charge on any atom is 0.416 e. The first kappa shape index (κ1) is 11.4. The van der Waals surface area contributed by atoms with Gasteiger partial charge < -0.3 is 10.3 Å². The van der Waals surface area contributed by atoms with Gasteiger partial charge in [0.25, 0.3) is 0 Å². The number of halogens is 1. The van der Waals surface area contributed by atoms with Crippen LogP contribution < -0.4 is 0 Å². The van der Waals surface area contributed by atoms with Gasteiger partial charge in [-0.15, -0.1) is 0 Å². The van der Waals surface area contributed by atoms with E-state index in [0.29, 0.717) is 10.6 Å². The van der Waals surface area contributed by atoms with Gasteiger partial charge in [0, 0.05) is 17.5 Å². The molecule has 1 aromatic rings. The fourth-order valence-corrected chi connectivity index (χ4v) is 1.09. The lowest BCUT2D eigenvalue weighted by Crippen LogP contribution is -2.14. The molecule has 15 heavy (non-hydrogen) atoms. The number of carbonyl (C=O) groups excluding carboxylic acids is 1. The highest BCUT2D eigenvalue weighted by molar-refractivity contribution is 6.33. The minimum Gasteiger partial charge on any atom is -0.452 e. The summed E-state index contributed by atoms with van der Waals surface area (Å²) in [6, 6.07) is 7.04. The van der Waals surface area contributed by atoms with Crippen LogP contribution in [0.5, 0.6) is 0 Å². The highest BCUT2D eigenvalue weighted by Crippen LogP contribution is 2.15. The van der Waals surface area contributed by atoms with Gasteiger partial charge in [-0.05, 0) is 6.07 Å². The van der Waals surface area contributed by atoms with E-state index in [0.717, 1.165) is 0 Å². The molecule has 0 spiro atoms. The summed E-state index contributed by atoms with van der Waals surface area (Å²) in [7, 11) is 0. The van der Waals surface area contributed by atoms with Crippen LogP contribution in [0, 0.1) is 0 Å². The smallest absolute Gasteiger partial charge is 0.416 e. The minimum atomic E-state index is -0.669. The van der Waals surface area contributed by atoms with Crippen LogP contribution in [0.2, 0.25) is 5.02 Å². The Bertz CT molecular complexity index is 425. The fraction of sp³-hybridized carbons (Fsp3) is 0.200. The van der Waals surface area contributed by atoms with E-state index in [1.807, 2.05) is 0 Å². The standard InChI is InChI=1S/C10H9ClN2O2/c1-7(13-12)10(14)15-6-8-4-2-3-5-9(8)11/h2-5H,6H2,1H3. The first-order valence-electron chi connectivity index (χ1n) is 4.24. The molecule has 0 aliphatic heterocycles. The van der Waals surface area contributed by atoms with Crippen molar-refractivity contribution in [3.05, 3.63) is 40.4 Å². The number of ether oxygens (including phenoxy) is 1. The topological polar surface area (TPSA) is 62.7 Å². The van der Waals surface area contributed by atoms with E-state index in [9.17, 15) is 4.79 Å². The summed E-state index contributed by atoms with van der Waals surface area (Å²) < 4.78 is 4.85. The molecule has 0 bridgehead atoms. The summed E-state index contributed by atoms with van der Waals surface area (Å²) in [5, 5.41) is 0.531. The molecule has 0 saturated heterocycles. The average Bonchev–Trinajstić information content (AvgIpc) is 2.26. The van der Waals surface area contributed by atoms with Crippen LogP contribution in [-0.2, 0) is 16.1 Å². The molecule has 78 valence electrons. The molecule has 0 aliphatic carbocycles. The van der Waals surface area contributed by atoms with Crippen LogP contribution in [0.3, 0.4) is 0 Å². The fourth-order valence-electron chi connectivity index (χ4n) is 0.904. The molecule has 0 unspecified atom stereocenters. The Labute approximate surface area is 92.1 Å². The molecule has 0 radical (unpaired) electrons. The largest absolute Gasteiger partial charge is 0.452 e. The third-order valence-electron chi connectivity index (χ3n) is 1.76. The molecular weight excluding hydrogens is 216 g/mol. The summed E-state index contributed by atoms with van der Waals surface area (Å²) in [6.07, 6.45) is 0. The third-order valence-corrected chi connectivity index (χ3v) is 2.13. The van der Waals surface area contributed by atoms with Crippen molar-refractivity contribution < 1.29 is 14.3 Å². The lowest BCUT2D eigenvalue weighted by atomic mass is 10.2. The van der Waals surface area contributed by atoms with Crippen molar-refractivity contribution >= 4 is 23.3 Å². The minimum absolute atomic E-state index is 0.0609. The normalized spacial score (nSPS) is 9.20. The monoisotopic (exact) mass is 224 g/mol. The Hall–Kier alpha value is -1.64. The number of esters is 1. The second-order valence-electron chi connectivity index (χ2n) is 2.85. The molecule has 1 rings (SSSR count). The van der Waals surface area contributed by atoms with E-state index >= 15 is 0 Å². The number of hydrogen-bond donors (Lipinski definition) is 0. The maximum absolute atomic E-state index is 11.1. The molecule has 0 heterocycles. The number of hydrogen-bond acceptors (Lipinski definition) is 2. The van der Waals surface area contributed by atoms with Crippen LogP contribution in [0.15, 0.2) is 24.3 Å². The summed E-state index contributed by atoms with van der Waals surface area (Å²) in [6.45, 7) is 1.42. The Morgan fingerprint density at radius 3 is 2.80 bits per heavy atom. The van der Waals surface area contributed by atoms with Gasteiger partial charge in [-0.2, -0.15) is 4.79 Å². The molecule has 0 aliphatic rings. The van der Waals surface area contributed by atoms with Gasteiger partial charge in [0.05, 0.1) is 0 Å². The molecule has 0 atom stereocenters. The van der Waals surface area contributed by atoms with E-state index in [4.69, 9.17) is 21.9 Å². The Morgan fingerprint density at radius 1 is 1.53 bits per heavy atom. The highest BCUT2D eigenvalue weighted by atomic mass is 35.5. The van der Waals surface area contributed by atoms with E-state index in [2.05, 4.69) is 4.79 Å². The zero-order valence-electron chi connectivity index (χ0n) is 8.11. The van der Waals surface area contributed by atoms with Crippen molar-refractivity contribution in [2.45, 2.75) is 13.5 Å². The molecular formula is C10H9ClN2O2. The van der Waals surface area contributed by atoms with E-state index in [1.54, 1.807) is 24.3 Å². The quantitative estimate of drug-likeness (QED) is 0.342. The molecule has 0 amide bonds. The van der Waals surface area contributed by atoms with Crippen molar-refractivity contribution in [2.75, 3.05) is 0 Å². The predicted molar refractivity (Wildman–Crippen MR) is 55.5 cm³/mol. The van der Waals surface area contributed by atoms with E-state index in [-0.39, 0.29) is 12.3 Å². The molecule has 0 saturated carbocycles. The zero-order valence-corrected chi connectivity index (χ0v) is 8.86. The summed E-state index contributed by atoms with van der Waals surface area (Å²) in [5.74, 6) is -0.669. The second kappa shape index (κ2) is 5.29. The van der Waals surface area contributed by atoms with Gasteiger partial charge in [-0.3, -0.25) is 0 Å². The summed E-state index contributed by atoms with van der Waals surface area (Å²) in [4.78, 5) is 13.8. The second-order valence-corrected chi connectivity index (χ2v) is 3.26. The third kappa shape index (κ3) is 3.20. The summed E-state index contributed by atoms with van der Waals surface area (Å²) in [5.41, 5.74) is 8.93. The lowest BCUT2D eigenvalue weighted by molar-refractivity contribution is -0.141. The zero-order chi connectivity index (χ0) is 11.3. The molecule has 4 nitrogen and oxygen atoms in total. The van der Waals surface area contributed by atoms with Crippen molar-refractivity contribution in [3.63, 3.8) is 0 Å². The molecule has 0 aromatic heterocycles. The number of benzene rings is 1. The van der Waals surface area contributed by atoms with Crippen molar-refractivity contribution in [1.29, 1.82) is 0 Å². The van der Waals surface area contributed by atoms with Gasteiger partial charge in [0.1, 0.15) is 6.61 Å². The van der Waals surface area contributed by atoms with Gasteiger partial charge in [-0.25, -0.2) is 4.79 Å². The van der Waals surface area contributed by atoms with Crippen LogP contribution in [0.1, 0.15) is 12.5 Å². The predicted octanol–water partition coefficient (Wildman–Crippen LogP) is 2.07.